The maximum absolute atomic E-state index is 12.7. The van der Waals surface area contributed by atoms with Gasteiger partial charge in [0.05, 0.1) is 11.4 Å². The molecule has 0 aromatic heterocycles. The van der Waals surface area contributed by atoms with E-state index in [1.807, 2.05) is 73.7 Å². The Morgan fingerprint density at radius 1 is 0.931 bits per heavy atom. The highest BCUT2D eigenvalue weighted by Crippen LogP contribution is 2.23. The molecule has 1 heterocycles. The number of amides is 3. The molecule has 29 heavy (non-hydrogen) atoms. The predicted molar refractivity (Wildman–Crippen MR) is 114 cm³/mol. The summed E-state index contributed by atoms with van der Waals surface area (Å²) in [4.78, 5) is 29.8. The molecule has 0 saturated heterocycles. The van der Waals surface area contributed by atoms with Gasteiger partial charge in [0.2, 0.25) is 6.17 Å². The molecule has 6 nitrogen and oxygen atoms in total. The van der Waals surface area contributed by atoms with E-state index in [-0.39, 0.29) is 0 Å². The first-order valence-electron chi connectivity index (χ1n) is 9.28. The molecule has 144 valence electrons. The smallest absolute Gasteiger partial charge is 0.321 e. The number of urea groups is 1. The minimum atomic E-state index is -1.07. The van der Waals surface area contributed by atoms with Crippen molar-refractivity contribution in [3.8, 4) is 0 Å². The average molecular weight is 384 g/mol. The third kappa shape index (κ3) is 4.16. The van der Waals surface area contributed by atoms with Gasteiger partial charge in [-0.15, -0.1) is 0 Å². The van der Waals surface area contributed by atoms with E-state index in [0.29, 0.717) is 17.1 Å². The number of aryl methyl sites for hydroxylation is 1. The van der Waals surface area contributed by atoms with Gasteiger partial charge in [-0.2, -0.15) is 0 Å². The van der Waals surface area contributed by atoms with Crippen LogP contribution in [-0.2, 0) is 4.79 Å². The lowest BCUT2D eigenvalue weighted by Gasteiger charge is -2.14. The third-order valence-corrected chi connectivity index (χ3v) is 4.57. The molecular weight excluding hydrogens is 364 g/mol. The molecule has 0 bridgehead atoms. The Hall–Kier alpha value is -3.93. The second-order valence-corrected chi connectivity index (χ2v) is 6.75. The van der Waals surface area contributed by atoms with Crippen molar-refractivity contribution in [1.29, 1.82) is 0 Å². The standard InChI is InChI=1S/C23H20N4O2/c1-15-11-13-17(14-12-15)24-23(29)27-21-22(28)25-19-10-6-5-9-18(19)20(26-21)16-7-3-2-4-8-16/h2-14,21H,1H3,(H,25,28)(H2,24,27,29). The summed E-state index contributed by atoms with van der Waals surface area (Å²) in [7, 11) is 0. The lowest BCUT2D eigenvalue weighted by molar-refractivity contribution is -0.117. The highest BCUT2D eigenvalue weighted by atomic mass is 16.2. The lowest BCUT2D eigenvalue weighted by Crippen LogP contribution is -2.44. The van der Waals surface area contributed by atoms with Crippen molar-refractivity contribution in [2.45, 2.75) is 13.1 Å². The fraction of sp³-hybridized carbons (Fsp3) is 0.0870. The molecule has 1 unspecified atom stereocenters. The summed E-state index contributed by atoms with van der Waals surface area (Å²) in [5.74, 6) is -0.401. The lowest BCUT2D eigenvalue weighted by atomic mass is 10.0. The topological polar surface area (TPSA) is 82.6 Å². The van der Waals surface area contributed by atoms with E-state index in [1.165, 1.54) is 0 Å². The van der Waals surface area contributed by atoms with Crippen LogP contribution in [-0.4, -0.2) is 23.8 Å². The number of nitrogens with one attached hydrogen (secondary N) is 3. The molecule has 0 spiro atoms. The number of benzodiazepines with no additional fused rings is 1. The number of anilines is 2. The molecule has 0 fully saturated rings. The summed E-state index contributed by atoms with van der Waals surface area (Å²) in [6, 6.07) is 23.9. The Bertz CT molecular complexity index is 1080. The van der Waals surface area contributed by atoms with Crippen LogP contribution in [0.15, 0.2) is 83.9 Å². The number of hydrogen-bond donors (Lipinski definition) is 3. The van der Waals surface area contributed by atoms with Crippen molar-refractivity contribution in [2.24, 2.45) is 4.99 Å². The first-order chi connectivity index (χ1) is 14.1. The zero-order valence-corrected chi connectivity index (χ0v) is 15.8. The van der Waals surface area contributed by atoms with E-state index in [1.54, 1.807) is 12.1 Å². The Balaban J connectivity index is 1.63. The fourth-order valence-electron chi connectivity index (χ4n) is 3.11. The van der Waals surface area contributed by atoms with Crippen LogP contribution >= 0.6 is 0 Å². The van der Waals surface area contributed by atoms with Gasteiger partial charge in [0.15, 0.2) is 0 Å². The van der Waals surface area contributed by atoms with Crippen LogP contribution < -0.4 is 16.0 Å². The number of hydrogen-bond acceptors (Lipinski definition) is 3. The maximum Gasteiger partial charge on any atom is 0.321 e. The first-order valence-corrected chi connectivity index (χ1v) is 9.28. The Morgan fingerprint density at radius 3 is 2.38 bits per heavy atom. The largest absolute Gasteiger partial charge is 0.322 e. The Morgan fingerprint density at radius 2 is 1.62 bits per heavy atom. The molecule has 0 aliphatic carbocycles. The van der Waals surface area contributed by atoms with Gasteiger partial charge >= 0.3 is 6.03 Å². The SMILES string of the molecule is Cc1ccc(NC(=O)NC2N=C(c3ccccc3)c3ccccc3NC2=O)cc1. The fourth-order valence-corrected chi connectivity index (χ4v) is 3.11. The van der Waals surface area contributed by atoms with Gasteiger partial charge in [0.25, 0.3) is 5.91 Å². The van der Waals surface area contributed by atoms with Gasteiger partial charge in [0, 0.05) is 16.8 Å². The average Bonchev–Trinajstić information content (AvgIpc) is 2.87. The number of fused-ring (bicyclic) bond motifs is 1. The van der Waals surface area contributed by atoms with Crippen LogP contribution in [0.5, 0.6) is 0 Å². The molecule has 1 aliphatic heterocycles. The second kappa shape index (κ2) is 7.98. The van der Waals surface area contributed by atoms with Crippen LogP contribution in [0.4, 0.5) is 16.2 Å². The van der Waals surface area contributed by atoms with Crippen LogP contribution in [0.2, 0.25) is 0 Å². The second-order valence-electron chi connectivity index (χ2n) is 6.75. The Kier molecular flexibility index (Phi) is 5.07. The summed E-state index contributed by atoms with van der Waals surface area (Å²) in [5, 5.41) is 8.24. The summed E-state index contributed by atoms with van der Waals surface area (Å²) >= 11 is 0. The molecule has 0 radical (unpaired) electrons. The van der Waals surface area contributed by atoms with Gasteiger partial charge < -0.3 is 16.0 Å². The molecule has 1 atom stereocenters. The molecule has 3 aromatic rings. The number of para-hydroxylation sites is 1. The van der Waals surface area contributed by atoms with Crippen LogP contribution in [0.3, 0.4) is 0 Å². The minimum absolute atomic E-state index is 0.401. The predicted octanol–water partition coefficient (Wildman–Crippen LogP) is 3.93. The number of nitrogens with zero attached hydrogens (tertiary/aromatic N) is 1. The van der Waals surface area contributed by atoms with E-state index in [2.05, 4.69) is 20.9 Å². The normalized spacial score (nSPS) is 15.4. The van der Waals surface area contributed by atoms with Gasteiger partial charge in [-0.25, -0.2) is 9.79 Å². The molecule has 4 rings (SSSR count). The van der Waals surface area contributed by atoms with Crippen molar-refractivity contribution in [1.82, 2.24) is 5.32 Å². The third-order valence-electron chi connectivity index (χ3n) is 4.57. The monoisotopic (exact) mass is 384 g/mol. The van der Waals surface area contributed by atoms with Gasteiger partial charge in [-0.05, 0) is 25.1 Å². The van der Waals surface area contributed by atoms with Crippen molar-refractivity contribution >= 4 is 29.0 Å². The highest BCUT2D eigenvalue weighted by molar-refractivity contribution is 6.19. The zero-order chi connectivity index (χ0) is 20.2. The Labute approximate surface area is 168 Å². The van der Waals surface area contributed by atoms with E-state index in [0.717, 1.165) is 16.7 Å². The van der Waals surface area contributed by atoms with Gasteiger partial charge in [-0.3, -0.25) is 4.79 Å². The molecule has 6 heteroatoms. The summed E-state index contributed by atoms with van der Waals surface area (Å²) in [5.41, 5.74) is 4.69. The summed E-state index contributed by atoms with van der Waals surface area (Å²) < 4.78 is 0. The number of carbonyl (C=O) groups excluding carboxylic acids is 2. The van der Waals surface area contributed by atoms with Crippen LogP contribution in [0, 0.1) is 6.92 Å². The summed E-state index contributed by atoms with van der Waals surface area (Å²) in [6.45, 7) is 1.97. The van der Waals surface area contributed by atoms with Crippen molar-refractivity contribution in [2.75, 3.05) is 10.6 Å². The van der Waals surface area contributed by atoms with Gasteiger partial charge in [0.1, 0.15) is 0 Å². The maximum atomic E-state index is 12.7. The number of carbonyl (C=O) groups is 2. The highest BCUT2D eigenvalue weighted by Gasteiger charge is 2.26. The molecule has 3 amide bonds. The first kappa shape index (κ1) is 18.4. The van der Waals surface area contributed by atoms with E-state index >= 15 is 0 Å². The van der Waals surface area contributed by atoms with Crippen LogP contribution in [0.25, 0.3) is 0 Å². The van der Waals surface area contributed by atoms with E-state index in [4.69, 9.17) is 0 Å². The van der Waals surface area contributed by atoms with Crippen molar-refractivity contribution < 1.29 is 9.59 Å². The number of rotatable bonds is 3. The van der Waals surface area contributed by atoms with E-state index in [9.17, 15) is 9.59 Å². The van der Waals surface area contributed by atoms with Crippen molar-refractivity contribution in [3.05, 3.63) is 95.6 Å². The molecule has 3 N–H and O–H groups in total. The van der Waals surface area contributed by atoms with Crippen molar-refractivity contribution in [3.63, 3.8) is 0 Å². The van der Waals surface area contributed by atoms with Crippen LogP contribution in [0.1, 0.15) is 16.7 Å². The zero-order valence-electron chi connectivity index (χ0n) is 15.8. The molecule has 3 aromatic carbocycles. The van der Waals surface area contributed by atoms with E-state index < -0.39 is 18.1 Å². The number of benzene rings is 3. The quantitative estimate of drug-likeness (QED) is 0.639. The minimum Gasteiger partial charge on any atom is -0.322 e. The molecular formula is C23H20N4O2. The number of aliphatic imine (C=N–C) groups is 1. The molecule has 1 aliphatic rings. The summed E-state index contributed by atoms with van der Waals surface area (Å²) in [6.07, 6.45) is -1.07. The van der Waals surface area contributed by atoms with Gasteiger partial charge in [-0.1, -0.05) is 66.2 Å². The molecule has 0 saturated carbocycles.